The largest absolute Gasteiger partial charge is 0.300 e. The van der Waals surface area contributed by atoms with Crippen molar-refractivity contribution >= 4 is 21.7 Å². The van der Waals surface area contributed by atoms with Crippen LogP contribution in [0, 0.1) is 6.92 Å². The fourth-order valence-electron chi connectivity index (χ4n) is 1.20. The summed E-state index contributed by atoms with van der Waals surface area (Å²) < 4.78 is 2.01. The molecule has 0 saturated carbocycles. The molecule has 0 amide bonds. The van der Waals surface area contributed by atoms with E-state index in [1.54, 1.807) is 13.8 Å². The Hall–Kier alpha value is -0.970. The van der Waals surface area contributed by atoms with Crippen molar-refractivity contribution < 1.29 is 4.79 Å². The number of Topliss-reactive ketones (excluding diaryl/α,β-unsaturated/α-hetero) is 1. The molecule has 5 heteroatoms. The van der Waals surface area contributed by atoms with Crippen LogP contribution < -0.4 is 5.56 Å². The molecule has 0 fully saturated rings. The lowest BCUT2D eigenvalue weighted by Crippen LogP contribution is -2.22. The van der Waals surface area contributed by atoms with Gasteiger partial charge in [0.15, 0.2) is 0 Å². The first-order chi connectivity index (χ1) is 7.02. The van der Waals surface area contributed by atoms with Gasteiger partial charge in [0, 0.05) is 13.0 Å². The highest BCUT2D eigenvalue weighted by molar-refractivity contribution is 9.10. The highest BCUT2D eigenvalue weighted by atomic mass is 79.9. The van der Waals surface area contributed by atoms with Crippen molar-refractivity contribution in [3.63, 3.8) is 0 Å². The number of aromatic nitrogens is 2. The van der Waals surface area contributed by atoms with E-state index in [4.69, 9.17) is 0 Å². The summed E-state index contributed by atoms with van der Waals surface area (Å²) in [4.78, 5) is 26.5. The maximum Gasteiger partial charge on any atom is 0.267 e. The molecular weight excluding hydrogens is 260 g/mol. The number of carbonyl (C=O) groups is 1. The Morgan fingerprint density at radius 1 is 1.60 bits per heavy atom. The molecule has 0 bridgehead atoms. The molecule has 0 aromatic carbocycles. The molecule has 4 nitrogen and oxygen atoms in total. The first kappa shape index (κ1) is 12.1. The van der Waals surface area contributed by atoms with E-state index in [1.807, 2.05) is 0 Å². The first-order valence-electron chi connectivity index (χ1n) is 4.73. The third-order valence-corrected chi connectivity index (χ3v) is 3.00. The number of hydrogen-bond donors (Lipinski definition) is 0. The van der Waals surface area contributed by atoms with Crippen molar-refractivity contribution in [3.05, 3.63) is 26.8 Å². The van der Waals surface area contributed by atoms with Crippen LogP contribution in [0.4, 0.5) is 0 Å². The zero-order valence-corrected chi connectivity index (χ0v) is 10.4. The van der Waals surface area contributed by atoms with Gasteiger partial charge in [-0.05, 0) is 36.2 Å². The number of rotatable bonds is 4. The molecule has 1 rings (SSSR count). The van der Waals surface area contributed by atoms with E-state index >= 15 is 0 Å². The predicted octanol–water partition coefficient (Wildman–Crippen LogP) is 1.68. The first-order valence-corrected chi connectivity index (χ1v) is 5.52. The molecule has 1 aromatic heterocycles. The zero-order valence-electron chi connectivity index (χ0n) is 8.79. The minimum absolute atomic E-state index is 0.0916. The molecule has 0 aliphatic carbocycles. The molecule has 82 valence electrons. The number of nitrogens with zero attached hydrogens (tertiary/aromatic N) is 2. The Morgan fingerprint density at radius 3 is 2.87 bits per heavy atom. The zero-order chi connectivity index (χ0) is 11.4. The van der Waals surface area contributed by atoms with Gasteiger partial charge < -0.3 is 4.79 Å². The summed E-state index contributed by atoms with van der Waals surface area (Å²) in [7, 11) is 0. The van der Waals surface area contributed by atoms with Crippen molar-refractivity contribution in [2.24, 2.45) is 0 Å². The quantitative estimate of drug-likeness (QED) is 0.838. The van der Waals surface area contributed by atoms with Crippen LogP contribution >= 0.6 is 15.9 Å². The summed E-state index contributed by atoms with van der Waals surface area (Å²) >= 11 is 3.19. The van der Waals surface area contributed by atoms with Gasteiger partial charge in [-0.3, -0.25) is 9.36 Å². The van der Waals surface area contributed by atoms with Gasteiger partial charge in [-0.25, -0.2) is 4.98 Å². The average Bonchev–Trinajstić information content (AvgIpc) is 2.18. The van der Waals surface area contributed by atoms with Crippen LogP contribution in [0.3, 0.4) is 0 Å². The standard InChI is InChI=1S/C10H13BrN2O2/c1-7(14)4-3-5-13-6-12-8(2)9(11)10(13)15/h6H,3-5H2,1-2H3. The minimum Gasteiger partial charge on any atom is -0.300 e. The summed E-state index contributed by atoms with van der Waals surface area (Å²) in [6.07, 6.45) is 2.69. The summed E-state index contributed by atoms with van der Waals surface area (Å²) in [5.74, 6) is 0.141. The van der Waals surface area contributed by atoms with Crippen LogP contribution in [0.15, 0.2) is 15.6 Å². The van der Waals surface area contributed by atoms with E-state index in [2.05, 4.69) is 20.9 Å². The van der Waals surface area contributed by atoms with Gasteiger partial charge in [0.1, 0.15) is 10.3 Å². The van der Waals surface area contributed by atoms with E-state index in [0.717, 1.165) is 0 Å². The van der Waals surface area contributed by atoms with E-state index < -0.39 is 0 Å². The third kappa shape index (κ3) is 3.27. The van der Waals surface area contributed by atoms with Crippen molar-refractivity contribution in [3.8, 4) is 0 Å². The van der Waals surface area contributed by atoms with Gasteiger partial charge in [-0.1, -0.05) is 0 Å². The SMILES string of the molecule is CC(=O)CCCn1cnc(C)c(Br)c1=O. The smallest absolute Gasteiger partial charge is 0.267 e. The van der Waals surface area contributed by atoms with Crippen LogP contribution in [0.25, 0.3) is 0 Å². The number of ketones is 1. The Kier molecular flexibility index (Phi) is 4.20. The highest BCUT2D eigenvalue weighted by Crippen LogP contribution is 2.06. The number of hydrogen-bond acceptors (Lipinski definition) is 3. The Bertz CT molecular complexity index is 426. The molecule has 1 aromatic rings. The van der Waals surface area contributed by atoms with Crippen LogP contribution in [0.2, 0.25) is 0 Å². The summed E-state index contributed by atoms with van der Waals surface area (Å²) in [5, 5.41) is 0. The molecule has 0 atom stereocenters. The van der Waals surface area contributed by atoms with Gasteiger partial charge >= 0.3 is 0 Å². The van der Waals surface area contributed by atoms with Crippen LogP contribution in [-0.2, 0) is 11.3 Å². The number of carbonyl (C=O) groups excluding carboxylic acids is 1. The van der Waals surface area contributed by atoms with Crippen LogP contribution in [0.5, 0.6) is 0 Å². The molecule has 0 aliphatic rings. The normalized spacial score (nSPS) is 10.3. The molecule has 0 saturated heterocycles. The fourth-order valence-corrected chi connectivity index (χ4v) is 1.53. The van der Waals surface area contributed by atoms with Crippen molar-refractivity contribution in [2.45, 2.75) is 33.2 Å². The lowest BCUT2D eigenvalue weighted by Gasteiger charge is -2.05. The monoisotopic (exact) mass is 272 g/mol. The van der Waals surface area contributed by atoms with Gasteiger partial charge in [-0.2, -0.15) is 0 Å². The summed E-state index contributed by atoms with van der Waals surface area (Å²) in [6.45, 7) is 3.85. The van der Waals surface area contributed by atoms with Gasteiger partial charge in [0.25, 0.3) is 5.56 Å². The highest BCUT2D eigenvalue weighted by Gasteiger charge is 2.05. The van der Waals surface area contributed by atoms with E-state index in [9.17, 15) is 9.59 Å². The van der Waals surface area contributed by atoms with Crippen molar-refractivity contribution in [2.75, 3.05) is 0 Å². The molecule has 15 heavy (non-hydrogen) atoms. The number of aryl methyl sites for hydroxylation is 2. The summed E-state index contributed by atoms with van der Waals surface area (Å²) in [6, 6.07) is 0. The molecule has 1 heterocycles. The average molecular weight is 273 g/mol. The molecule has 0 spiro atoms. The maximum absolute atomic E-state index is 11.7. The topological polar surface area (TPSA) is 52.0 Å². The van der Waals surface area contributed by atoms with Gasteiger partial charge in [0.05, 0.1) is 12.0 Å². The van der Waals surface area contributed by atoms with Gasteiger partial charge in [-0.15, -0.1) is 0 Å². The predicted molar refractivity (Wildman–Crippen MR) is 60.8 cm³/mol. The van der Waals surface area contributed by atoms with E-state index in [-0.39, 0.29) is 11.3 Å². The second-order valence-corrected chi connectivity index (χ2v) is 4.24. The lowest BCUT2D eigenvalue weighted by atomic mass is 10.2. The van der Waals surface area contributed by atoms with Crippen molar-refractivity contribution in [1.29, 1.82) is 0 Å². The molecule has 0 aliphatic heterocycles. The van der Waals surface area contributed by atoms with Crippen molar-refractivity contribution in [1.82, 2.24) is 9.55 Å². The lowest BCUT2D eigenvalue weighted by molar-refractivity contribution is -0.117. The second kappa shape index (κ2) is 5.21. The Morgan fingerprint density at radius 2 is 2.27 bits per heavy atom. The van der Waals surface area contributed by atoms with E-state index in [1.165, 1.54) is 10.9 Å². The minimum atomic E-state index is -0.0916. The molecule has 0 radical (unpaired) electrons. The fraction of sp³-hybridized carbons (Fsp3) is 0.500. The van der Waals surface area contributed by atoms with Crippen LogP contribution in [-0.4, -0.2) is 15.3 Å². The second-order valence-electron chi connectivity index (χ2n) is 3.45. The van der Waals surface area contributed by atoms with Crippen LogP contribution in [0.1, 0.15) is 25.5 Å². The third-order valence-electron chi connectivity index (χ3n) is 2.08. The Labute approximate surface area is 96.5 Å². The van der Waals surface area contributed by atoms with E-state index in [0.29, 0.717) is 29.6 Å². The summed E-state index contributed by atoms with van der Waals surface area (Å²) in [5.41, 5.74) is 0.592. The molecular formula is C10H13BrN2O2. The van der Waals surface area contributed by atoms with Gasteiger partial charge in [0.2, 0.25) is 0 Å². The molecule has 0 unspecified atom stereocenters. The molecule has 0 N–H and O–H groups in total. The number of halogens is 1. The Balaban J connectivity index is 2.75. The maximum atomic E-state index is 11.7.